The number of anilines is 1. The molecule has 3 aromatic carbocycles. The van der Waals surface area contributed by atoms with Gasteiger partial charge < -0.3 is 19.5 Å². The van der Waals surface area contributed by atoms with E-state index in [1.807, 2.05) is 42.5 Å². The van der Waals surface area contributed by atoms with Gasteiger partial charge in [0.15, 0.2) is 11.5 Å². The van der Waals surface area contributed by atoms with Crippen LogP contribution in [0.15, 0.2) is 65.1 Å². The number of hydrogen-bond acceptors (Lipinski definition) is 4. The molecule has 4 nitrogen and oxygen atoms in total. The molecule has 4 rings (SSSR count). The molecule has 0 saturated heterocycles. The Labute approximate surface area is 173 Å². The highest BCUT2D eigenvalue weighted by atomic mass is 79.9. The van der Waals surface area contributed by atoms with Crippen molar-refractivity contribution < 1.29 is 14.2 Å². The van der Waals surface area contributed by atoms with Gasteiger partial charge in [-0.3, -0.25) is 0 Å². The zero-order chi connectivity index (χ0) is 19.3. The molecule has 5 heteroatoms. The number of rotatable bonds is 6. The van der Waals surface area contributed by atoms with Crippen LogP contribution < -0.4 is 19.5 Å². The summed E-state index contributed by atoms with van der Waals surface area (Å²) in [6.07, 6.45) is 0. The zero-order valence-electron chi connectivity index (χ0n) is 15.7. The van der Waals surface area contributed by atoms with Crippen molar-refractivity contribution in [2.45, 2.75) is 20.1 Å². The molecule has 1 aliphatic rings. The second-order valence-electron chi connectivity index (χ2n) is 6.68. The number of ether oxygens (including phenoxy) is 3. The lowest BCUT2D eigenvalue weighted by Gasteiger charge is -2.19. The van der Waals surface area contributed by atoms with E-state index in [0.717, 1.165) is 33.0 Å². The SMILES string of the molecule is Cc1ccccc1COc1ccc(Br)cc1CNc1ccc2c(c1)OCCO2. The lowest BCUT2D eigenvalue weighted by molar-refractivity contribution is 0.171. The van der Waals surface area contributed by atoms with Crippen molar-refractivity contribution in [3.63, 3.8) is 0 Å². The Bertz CT molecular complexity index is 974. The molecule has 0 unspecified atom stereocenters. The van der Waals surface area contributed by atoms with E-state index in [1.54, 1.807) is 0 Å². The zero-order valence-corrected chi connectivity index (χ0v) is 17.3. The van der Waals surface area contributed by atoms with Gasteiger partial charge in [-0.25, -0.2) is 0 Å². The molecule has 0 aliphatic carbocycles. The standard InChI is InChI=1S/C23H22BrNO3/c1-16-4-2-3-5-17(16)15-28-21-8-6-19(24)12-18(21)14-25-20-7-9-22-23(13-20)27-11-10-26-22/h2-9,12-13,25H,10-11,14-15H2,1H3. The Balaban J connectivity index is 1.47. The van der Waals surface area contributed by atoms with Gasteiger partial charge in [0.25, 0.3) is 0 Å². The van der Waals surface area contributed by atoms with Crippen LogP contribution in [0.4, 0.5) is 5.69 Å². The molecule has 0 atom stereocenters. The molecule has 0 spiro atoms. The molecule has 0 bridgehead atoms. The molecule has 0 saturated carbocycles. The molecule has 0 fully saturated rings. The van der Waals surface area contributed by atoms with Crippen LogP contribution in [-0.4, -0.2) is 13.2 Å². The number of halogens is 1. The summed E-state index contributed by atoms with van der Waals surface area (Å²) in [4.78, 5) is 0. The fourth-order valence-corrected chi connectivity index (χ4v) is 3.51. The molecular formula is C23H22BrNO3. The van der Waals surface area contributed by atoms with Crippen LogP contribution >= 0.6 is 15.9 Å². The Morgan fingerprint density at radius 1 is 0.929 bits per heavy atom. The highest BCUT2D eigenvalue weighted by Crippen LogP contribution is 2.33. The van der Waals surface area contributed by atoms with E-state index in [0.29, 0.717) is 26.4 Å². The largest absolute Gasteiger partial charge is 0.489 e. The smallest absolute Gasteiger partial charge is 0.163 e. The van der Waals surface area contributed by atoms with Crippen LogP contribution in [0.5, 0.6) is 17.2 Å². The Morgan fingerprint density at radius 3 is 2.61 bits per heavy atom. The van der Waals surface area contributed by atoms with Gasteiger partial charge in [-0.2, -0.15) is 0 Å². The molecule has 144 valence electrons. The van der Waals surface area contributed by atoms with Gasteiger partial charge in [0.05, 0.1) is 0 Å². The van der Waals surface area contributed by atoms with E-state index in [1.165, 1.54) is 11.1 Å². The Morgan fingerprint density at radius 2 is 1.75 bits per heavy atom. The molecule has 3 aromatic rings. The summed E-state index contributed by atoms with van der Waals surface area (Å²) in [5, 5.41) is 3.45. The van der Waals surface area contributed by atoms with E-state index < -0.39 is 0 Å². The lowest BCUT2D eigenvalue weighted by atomic mass is 10.1. The molecule has 0 amide bonds. The molecule has 0 radical (unpaired) electrons. The summed E-state index contributed by atoms with van der Waals surface area (Å²) < 4.78 is 18.4. The molecule has 1 N–H and O–H groups in total. The highest BCUT2D eigenvalue weighted by Gasteiger charge is 2.12. The quantitative estimate of drug-likeness (QED) is 0.532. The summed E-state index contributed by atoms with van der Waals surface area (Å²) in [7, 11) is 0. The third-order valence-electron chi connectivity index (χ3n) is 4.69. The minimum absolute atomic E-state index is 0.547. The average molecular weight is 440 g/mol. The first-order valence-electron chi connectivity index (χ1n) is 9.28. The van der Waals surface area contributed by atoms with Crippen molar-refractivity contribution in [3.05, 3.63) is 81.8 Å². The van der Waals surface area contributed by atoms with Crippen LogP contribution in [-0.2, 0) is 13.2 Å². The minimum Gasteiger partial charge on any atom is -0.489 e. The number of benzene rings is 3. The predicted octanol–water partition coefficient (Wildman–Crippen LogP) is 5.72. The molecule has 28 heavy (non-hydrogen) atoms. The van der Waals surface area contributed by atoms with Crippen LogP contribution in [0.25, 0.3) is 0 Å². The molecular weight excluding hydrogens is 418 g/mol. The van der Waals surface area contributed by atoms with Crippen molar-refractivity contribution in [3.8, 4) is 17.2 Å². The maximum Gasteiger partial charge on any atom is 0.163 e. The van der Waals surface area contributed by atoms with E-state index in [2.05, 4.69) is 46.4 Å². The van der Waals surface area contributed by atoms with E-state index in [-0.39, 0.29) is 0 Å². The second kappa shape index (κ2) is 8.57. The minimum atomic E-state index is 0.547. The van der Waals surface area contributed by atoms with Gasteiger partial charge in [0.2, 0.25) is 0 Å². The first kappa shape index (κ1) is 18.7. The van der Waals surface area contributed by atoms with E-state index in [9.17, 15) is 0 Å². The van der Waals surface area contributed by atoms with Crippen LogP contribution in [0, 0.1) is 6.92 Å². The number of fused-ring (bicyclic) bond motifs is 1. The van der Waals surface area contributed by atoms with Crippen molar-refractivity contribution in [1.82, 2.24) is 0 Å². The third-order valence-corrected chi connectivity index (χ3v) is 5.19. The molecule has 1 heterocycles. The van der Waals surface area contributed by atoms with Crippen LogP contribution in [0.1, 0.15) is 16.7 Å². The average Bonchev–Trinajstić information content (AvgIpc) is 2.72. The van der Waals surface area contributed by atoms with Gasteiger partial charge >= 0.3 is 0 Å². The Kier molecular flexibility index (Phi) is 5.72. The molecule has 0 aromatic heterocycles. The second-order valence-corrected chi connectivity index (χ2v) is 7.59. The summed E-state index contributed by atoms with van der Waals surface area (Å²) in [6, 6.07) is 20.3. The van der Waals surface area contributed by atoms with E-state index in [4.69, 9.17) is 14.2 Å². The predicted molar refractivity (Wildman–Crippen MR) is 114 cm³/mol. The first-order valence-corrected chi connectivity index (χ1v) is 10.1. The van der Waals surface area contributed by atoms with Gasteiger partial charge in [0.1, 0.15) is 25.6 Å². The van der Waals surface area contributed by atoms with Gasteiger partial charge in [-0.05, 0) is 48.4 Å². The van der Waals surface area contributed by atoms with Crippen molar-refractivity contribution >= 4 is 21.6 Å². The van der Waals surface area contributed by atoms with Crippen LogP contribution in [0.3, 0.4) is 0 Å². The van der Waals surface area contributed by atoms with Gasteiger partial charge in [-0.15, -0.1) is 0 Å². The summed E-state index contributed by atoms with van der Waals surface area (Å²) >= 11 is 3.56. The molecule has 1 aliphatic heterocycles. The summed E-state index contributed by atoms with van der Waals surface area (Å²) in [5.41, 5.74) is 4.48. The maximum atomic E-state index is 6.13. The van der Waals surface area contributed by atoms with Crippen molar-refractivity contribution in [2.75, 3.05) is 18.5 Å². The number of aryl methyl sites for hydroxylation is 1. The Hall–Kier alpha value is -2.66. The fraction of sp³-hybridized carbons (Fsp3) is 0.217. The number of hydrogen-bond donors (Lipinski definition) is 1. The van der Waals surface area contributed by atoms with E-state index >= 15 is 0 Å². The third kappa shape index (κ3) is 4.42. The maximum absolute atomic E-state index is 6.13. The normalized spacial score (nSPS) is 12.5. The number of nitrogens with one attached hydrogen (secondary N) is 1. The highest BCUT2D eigenvalue weighted by molar-refractivity contribution is 9.10. The van der Waals surface area contributed by atoms with Crippen molar-refractivity contribution in [1.29, 1.82) is 0 Å². The summed E-state index contributed by atoms with van der Waals surface area (Å²) in [6.45, 7) is 4.47. The van der Waals surface area contributed by atoms with Crippen molar-refractivity contribution in [2.24, 2.45) is 0 Å². The van der Waals surface area contributed by atoms with Gasteiger partial charge in [0, 0.05) is 28.3 Å². The topological polar surface area (TPSA) is 39.7 Å². The summed E-state index contributed by atoms with van der Waals surface area (Å²) in [5.74, 6) is 2.44. The van der Waals surface area contributed by atoms with Gasteiger partial charge in [-0.1, -0.05) is 40.2 Å². The monoisotopic (exact) mass is 439 g/mol. The lowest BCUT2D eigenvalue weighted by Crippen LogP contribution is -2.15. The van der Waals surface area contributed by atoms with Crippen LogP contribution in [0.2, 0.25) is 0 Å². The fourth-order valence-electron chi connectivity index (χ4n) is 3.11. The first-order chi connectivity index (χ1) is 13.7.